The Kier molecular flexibility index (Phi) is 5.33. The molecule has 0 spiro atoms. The molecule has 5 nitrogen and oxygen atoms in total. The number of hydrogen-bond acceptors (Lipinski definition) is 4. The molecule has 0 amide bonds. The van der Waals surface area contributed by atoms with Crippen LogP contribution >= 0.6 is 0 Å². The first kappa shape index (κ1) is 14.5. The molecule has 1 aliphatic heterocycles. The summed E-state index contributed by atoms with van der Waals surface area (Å²) in [7, 11) is -3.21. The number of morpholine rings is 1. The van der Waals surface area contributed by atoms with Gasteiger partial charge in [0.2, 0.25) is 10.0 Å². The van der Waals surface area contributed by atoms with Crippen LogP contribution < -0.4 is 4.72 Å². The lowest BCUT2D eigenvalue weighted by Gasteiger charge is -2.26. The number of rotatable bonds is 6. The molecule has 106 valence electrons. The molecule has 1 fully saturated rings. The molecule has 1 aromatic rings. The second-order valence-electron chi connectivity index (χ2n) is 4.58. The van der Waals surface area contributed by atoms with Gasteiger partial charge in [-0.05, 0) is 5.56 Å². The van der Waals surface area contributed by atoms with Crippen LogP contribution in [0, 0.1) is 0 Å². The zero-order chi connectivity index (χ0) is 13.6. The van der Waals surface area contributed by atoms with Crippen molar-refractivity contribution >= 4 is 10.0 Å². The van der Waals surface area contributed by atoms with E-state index in [0.717, 1.165) is 18.7 Å². The van der Waals surface area contributed by atoms with Crippen LogP contribution in [0.3, 0.4) is 0 Å². The second-order valence-corrected chi connectivity index (χ2v) is 6.51. The first-order valence-electron chi connectivity index (χ1n) is 6.47. The molecule has 0 unspecified atom stereocenters. The molecular formula is C13H20N2O3S. The molecule has 6 heteroatoms. The molecule has 1 aromatic carbocycles. The van der Waals surface area contributed by atoms with Crippen LogP contribution in [0.4, 0.5) is 0 Å². The van der Waals surface area contributed by atoms with Crippen molar-refractivity contribution in [2.45, 2.75) is 6.54 Å². The number of nitrogens with zero attached hydrogens (tertiary/aromatic N) is 1. The van der Waals surface area contributed by atoms with E-state index in [9.17, 15) is 8.42 Å². The minimum Gasteiger partial charge on any atom is -0.379 e. The molecule has 1 saturated heterocycles. The van der Waals surface area contributed by atoms with Crippen LogP contribution in [-0.4, -0.2) is 51.9 Å². The van der Waals surface area contributed by atoms with Gasteiger partial charge < -0.3 is 4.74 Å². The number of sulfonamides is 1. The number of benzene rings is 1. The Hall–Kier alpha value is -0.950. The van der Waals surface area contributed by atoms with Crippen LogP contribution in [0.25, 0.3) is 0 Å². The normalized spacial score (nSPS) is 17.5. The van der Waals surface area contributed by atoms with Crippen molar-refractivity contribution in [3.05, 3.63) is 35.9 Å². The van der Waals surface area contributed by atoms with Gasteiger partial charge >= 0.3 is 0 Å². The number of nitrogens with one attached hydrogen (secondary N) is 1. The average Bonchev–Trinajstić information content (AvgIpc) is 2.46. The summed E-state index contributed by atoms with van der Waals surface area (Å²) in [6.45, 7) is 3.93. The fourth-order valence-corrected chi connectivity index (χ4v) is 2.96. The lowest BCUT2D eigenvalue weighted by molar-refractivity contribution is 0.0408. The maximum Gasteiger partial charge on any atom is 0.213 e. The molecule has 0 atom stereocenters. The minimum absolute atomic E-state index is 0.139. The largest absolute Gasteiger partial charge is 0.379 e. The van der Waals surface area contributed by atoms with Gasteiger partial charge in [0.15, 0.2) is 0 Å². The van der Waals surface area contributed by atoms with E-state index in [-0.39, 0.29) is 5.75 Å². The Labute approximate surface area is 114 Å². The summed E-state index contributed by atoms with van der Waals surface area (Å²) in [4.78, 5) is 2.12. The smallest absolute Gasteiger partial charge is 0.213 e. The molecule has 19 heavy (non-hydrogen) atoms. The van der Waals surface area contributed by atoms with Gasteiger partial charge in [-0.3, -0.25) is 4.90 Å². The summed E-state index contributed by atoms with van der Waals surface area (Å²) in [6, 6.07) is 9.53. The van der Waals surface area contributed by atoms with Gasteiger partial charge in [-0.25, -0.2) is 13.1 Å². The van der Waals surface area contributed by atoms with Crippen molar-refractivity contribution in [2.24, 2.45) is 0 Å². The van der Waals surface area contributed by atoms with Crippen molar-refractivity contribution in [1.82, 2.24) is 9.62 Å². The third-order valence-corrected chi connectivity index (χ3v) is 4.42. The molecule has 1 aliphatic rings. The van der Waals surface area contributed by atoms with Crippen molar-refractivity contribution in [1.29, 1.82) is 0 Å². The van der Waals surface area contributed by atoms with Gasteiger partial charge in [-0.1, -0.05) is 30.3 Å². The summed E-state index contributed by atoms with van der Waals surface area (Å²) in [5.41, 5.74) is 0.970. The molecule has 0 bridgehead atoms. The second kappa shape index (κ2) is 7.00. The maximum absolute atomic E-state index is 11.9. The Bertz CT molecular complexity index is 470. The topological polar surface area (TPSA) is 58.6 Å². The van der Waals surface area contributed by atoms with E-state index in [1.54, 1.807) is 0 Å². The lowest BCUT2D eigenvalue weighted by atomic mass is 10.2. The third kappa shape index (κ3) is 5.28. The minimum atomic E-state index is -3.21. The zero-order valence-electron chi connectivity index (χ0n) is 10.9. The fourth-order valence-electron chi connectivity index (χ4n) is 1.94. The van der Waals surface area contributed by atoms with Crippen LogP contribution in [0.2, 0.25) is 0 Å². The Morgan fingerprint density at radius 2 is 1.84 bits per heavy atom. The van der Waals surface area contributed by atoms with E-state index in [0.29, 0.717) is 26.3 Å². The standard InChI is InChI=1S/C13H20N2O3S/c16-19(17,11-8-15-6-9-18-10-7-15)14-12-13-4-2-1-3-5-13/h1-5,14H,6-12H2. The van der Waals surface area contributed by atoms with Crippen molar-refractivity contribution in [2.75, 3.05) is 38.6 Å². The monoisotopic (exact) mass is 284 g/mol. The van der Waals surface area contributed by atoms with Crippen LogP contribution in [0.5, 0.6) is 0 Å². The van der Waals surface area contributed by atoms with E-state index in [4.69, 9.17) is 4.74 Å². The highest BCUT2D eigenvalue weighted by Gasteiger charge is 2.15. The van der Waals surface area contributed by atoms with Crippen LogP contribution in [0.1, 0.15) is 5.56 Å². The van der Waals surface area contributed by atoms with Crippen molar-refractivity contribution in [3.8, 4) is 0 Å². The van der Waals surface area contributed by atoms with E-state index in [1.807, 2.05) is 30.3 Å². The fraction of sp³-hybridized carbons (Fsp3) is 0.538. The van der Waals surface area contributed by atoms with Crippen molar-refractivity contribution < 1.29 is 13.2 Å². The molecule has 0 aromatic heterocycles. The van der Waals surface area contributed by atoms with Gasteiger partial charge in [0.05, 0.1) is 19.0 Å². The Morgan fingerprint density at radius 3 is 2.53 bits per heavy atom. The average molecular weight is 284 g/mol. The van der Waals surface area contributed by atoms with Gasteiger partial charge in [-0.2, -0.15) is 0 Å². The summed E-state index contributed by atoms with van der Waals surface area (Å²) in [5, 5.41) is 0. The van der Waals surface area contributed by atoms with Gasteiger partial charge in [0.25, 0.3) is 0 Å². The molecule has 0 saturated carbocycles. The summed E-state index contributed by atoms with van der Waals surface area (Å²) in [6.07, 6.45) is 0. The Morgan fingerprint density at radius 1 is 1.16 bits per heavy atom. The Balaban J connectivity index is 1.75. The predicted molar refractivity (Wildman–Crippen MR) is 74.3 cm³/mol. The molecule has 1 N–H and O–H groups in total. The number of ether oxygens (including phenoxy) is 1. The first-order chi connectivity index (χ1) is 9.16. The lowest BCUT2D eigenvalue weighted by Crippen LogP contribution is -2.40. The van der Waals surface area contributed by atoms with Gasteiger partial charge in [0, 0.05) is 26.2 Å². The summed E-state index contributed by atoms with van der Waals surface area (Å²) >= 11 is 0. The van der Waals surface area contributed by atoms with Crippen LogP contribution in [0.15, 0.2) is 30.3 Å². The van der Waals surface area contributed by atoms with E-state index < -0.39 is 10.0 Å². The van der Waals surface area contributed by atoms with Crippen molar-refractivity contribution in [3.63, 3.8) is 0 Å². The zero-order valence-corrected chi connectivity index (χ0v) is 11.7. The SMILES string of the molecule is O=S(=O)(CCN1CCOCC1)NCc1ccccc1. The first-order valence-corrected chi connectivity index (χ1v) is 8.12. The maximum atomic E-state index is 11.9. The molecule has 0 aliphatic carbocycles. The van der Waals surface area contributed by atoms with Gasteiger partial charge in [0.1, 0.15) is 0 Å². The van der Waals surface area contributed by atoms with E-state index >= 15 is 0 Å². The summed E-state index contributed by atoms with van der Waals surface area (Å²) in [5.74, 6) is 0.139. The number of hydrogen-bond donors (Lipinski definition) is 1. The highest BCUT2D eigenvalue weighted by atomic mass is 32.2. The molecule has 2 rings (SSSR count). The molecular weight excluding hydrogens is 264 g/mol. The van der Waals surface area contributed by atoms with Crippen LogP contribution in [-0.2, 0) is 21.3 Å². The molecule has 0 radical (unpaired) electrons. The van der Waals surface area contributed by atoms with E-state index in [2.05, 4.69) is 9.62 Å². The predicted octanol–water partition coefficient (Wildman–Crippen LogP) is 0.438. The quantitative estimate of drug-likeness (QED) is 0.823. The third-order valence-electron chi connectivity index (χ3n) is 3.12. The molecule has 1 heterocycles. The van der Waals surface area contributed by atoms with Gasteiger partial charge in [-0.15, -0.1) is 0 Å². The van der Waals surface area contributed by atoms with E-state index in [1.165, 1.54) is 0 Å². The highest BCUT2D eigenvalue weighted by molar-refractivity contribution is 7.89. The summed E-state index contributed by atoms with van der Waals surface area (Å²) < 4.78 is 31.6. The highest BCUT2D eigenvalue weighted by Crippen LogP contribution is 2.00.